The first-order valence-corrected chi connectivity index (χ1v) is 6.42. The minimum atomic E-state index is -0.111. The molecule has 0 bridgehead atoms. The van der Waals surface area contributed by atoms with E-state index in [-0.39, 0.29) is 11.4 Å². The van der Waals surface area contributed by atoms with Crippen LogP contribution in [0, 0.1) is 5.41 Å². The van der Waals surface area contributed by atoms with Crippen LogP contribution >= 0.6 is 11.6 Å². The molecule has 5 heteroatoms. The minimum Gasteiger partial charge on any atom is -0.330 e. The van der Waals surface area contributed by atoms with Crippen molar-refractivity contribution >= 4 is 23.3 Å². The first-order valence-electron chi connectivity index (χ1n) is 6.05. The summed E-state index contributed by atoms with van der Waals surface area (Å²) < 4.78 is 0. The number of carbonyl (C=O) groups is 1. The Labute approximate surface area is 112 Å². The number of anilines is 1. The SMILES string of the molecule is CC1(CN)CCN(C(=O)Nc2ccccc2Cl)C1. The molecular weight excluding hydrogens is 250 g/mol. The van der Waals surface area contributed by atoms with E-state index in [1.807, 2.05) is 12.1 Å². The van der Waals surface area contributed by atoms with E-state index in [9.17, 15) is 4.79 Å². The van der Waals surface area contributed by atoms with E-state index in [0.29, 0.717) is 23.8 Å². The van der Waals surface area contributed by atoms with Gasteiger partial charge in [-0.15, -0.1) is 0 Å². The number of likely N-dealkylation sites (tertiary alicyclic amines) is 1. The second-order valence-corrected chi connectivity index (χ2v) is 5.50. The monoisotopic (exact) mass is 267 g/mol. The number of urea groups is 1. The van der Waals surface area contributed by atoms with Gasteiger partial charge in [-0.2, -0.15) is 0 Å². The van der Waals surface area contributed by atoms with E-state index in [0.717, 1.165) is 13.0 Å². The molecule has 0 saturated carbocycles. The summed E-state index contributed by atoms with van der Waals surface area (Å²) in [5.41, 5.74) is 6.41. The van der Waals surface area contributed by atoms with Crippen molar-refractivity contribution in [3.8, 4) is 0 Å². The standard InChI is InChI=1S/C13H18ClN3O/c1-13(8-15)6-7-17(9-13)12(18)16-11-5-3-2-4-10(11)14/h2-5H,6-9,15H2,1H3,(H,16,18). The Bertz CT molecular complexity index is 452. The lowest BCUT2D eigenvalue weighted by Crippen LogP contribution is -2.36. The van der Waals surface area contributed by atoms with Gasteiger partial charge in [0.1, 0.15) is 0 Å². The molecule has 1 aliphatic rings. The van der Waals surface area contributed by atoms with Gasteiger partial charge in [-0.1, -0.05) is 30.7 Å². The van der Waals surface area contributed by atoms with E-state index in [1.165, 1.54) is 0 Å². The molecule has 3 N–H and O–H groups in total. The van der Waals surface area contributed by atoms with Gasteiger partial charge in [-0.3, -0.25) is 0 Å². The van der Waals surface area contributed by atoms with E-state index in [2.05, 4.69) is 12.2 Å². The van der Waals surface area contributed by atoms with Crippen molar-refractivity contribution in [2.75, 3.05) is 25.0 Å². The number of benzene rings is 1. The number of nitrogens with zero attached hydrogens (tertiary/aromatic N) is 1. The molecule has 1 heterocycles. The van der Waals surface area contributed by atoms with Crippen LogP contribution in [0.2, 0.25) is 5.02 Å². The van der Waals surface area contributed by atoms with Crippen LogP contribution in [0.1, 0.15) is 13.3 Å². The molecule has 2 amide bonds. The number of hydrogen-bond donors (Lipinski definition) is 2. The summed E-state index contributed by atoms with van der Waals surface area (Å²) in [5, 5.41) is 3.38. The first kappa shape index (κ1) is 13.2. The summed E-state index contributed by atoms with van der Waals surface area (Å²) in [4.78, 5) is 13.9. The third-order valence-corrected chi connectivity index (χ3v) is 3.78. The van der Waals surface area contributed by atoms with Crippen molar-refractivity contribution in [1.82, 2.24) is 4.90 Å². The second-order valence-electron chi connectivity index (χ2n) is 5.10. The fraction of sp³-hybridized carbons (Fsp3) is 0.462. The van der Waals surface area contributed by atoms with Crippen molar-refractivity contribution in [1.29, 1.82) is 0 Å². The van der Waals surface area contributed by atoms with Gasteiger partial charge in [0.2, 0.25) is 0 Å². The maximum atomic E-state index is 12.1. The smallest absolute Gasteiger partial charge is 0.321 e. The summed E-state index contributed by atoms with van der Waals surface area (Å²) in [7, 11) is 0. The molecule has 1 saturated heterocycles. The van der Waals surface area contributed by atoms with Gasteiger partial charge in [-0.25, -0.2) is 4.79 Å². The number of amides is 2. The predicted octanol–water partition coefficient (Wildman–Crippen LogP) is 2.54. The molecule has 0 radical (unpaired) electrons. The van der Waals surface area contributed by atoms with Crippen molar-refractivity contribution in [3.63, 3.8) is 0 Å². The van der Waals surface area contributed by atoms with Gasteiger partial charge in [0, 0.05) is 13.1 Å². The molecular formula is C13H18ClN3O. The normalized spacial score (nSPS) is 23.2. The van der Waals surface area contributed by atoms with Crippen LogP contribution < -0.4 is 11.1 Å². The number of halogens is 1. The summed E-state index contributed by atoms with van der Waals surface area (Å²) in [6.07, 6.45) is 0.944. The quantitative estimate of drug-likeness (QED) is 0.865. The Hall–Kier alpha value is -1.26. The zero-order valence-electron chi connectivity index (χ0n) is 10.4. The maximum absolute atomic E-state index is 12.1. The highest BCUT2D eigenvalue weighted by atomic mass is 35.5. The average Bonchev–Trinajstić information content (AvgIpc) is 2.76. The van der Waals surface area contributed by atoms with Gasteiger partial charge in [-0.05, 0) is 30.5 Å². The molecule has 4 nitrogen and oxygen atoms in total. The van der Waals surface area contributed by atoms with Crippen LogP contribution in [-0.4, -0.2) is 30.6 Å². The number of para-hydroxylation sites is 1. The molecule has 0 aromatic heterocycles. The minimum absolute atomic E-state index is 0.0395. The zero-order chi connectivity index (χ0) is 13.2. The third-order valence-electron chi connectivity index (χ3n) is 3.45. The number of nitrogens with one attached hydrogen (secondary N) is 1. The van der Waals surface area contributed by atoms with Gasteiger partial charge < -0.3 is 16.0 Å². The summed E-state index contributed by atoms with van der Waals surface area (Å²) in [6.45, 7) is 4.14. The zero-order valence-corrected chi connectivity index (χ0v) is 11.2. The second kappa shape index (κ2) is 5.16. The van der Waals surface area contributed by atoms with Gasteiger partial charge in [0.25, 0.3) is 0 Å². The van der Waals surface area contributed by atoms with Crippen LogP contribution in [0.3, 0.4) is 0 Å². The number of nitrogens with two attached hydrogens (primary N) is 1. The van der Waals surface area contributed by atoms with Crippen LogP contribution in [-0.2, 0) is 0 Å². The van der Waals surface area contributed by atoms with Crippen LogP contribution in [0.5, 0.6) is 0 Å². The molecule has 0 aliphatic carbocycles. The number of hydrogen-bond acceptors (Lipinski definition) is 2. The predicted molar refractivity (Wildman–Crippen MR) is 73.8 cm³/mol. The average molecular weight is 268 g/mol. The van der Waals surface area contributed by atoms with E-state index >= 15 is 0 Å². The number of carbonyl (C=O) groups excluding carboxylic acids is 1. The molecule has 98 valence electrons. The summed E-state index contributed by atoms with van der Waals surface area (Å²) in [5.74, 6) is 0. The lowest BCUT2D eigenvalue weighted by molar-refractivity contribution is 0.216. The summed E-state index contributed by atoms with van der Waals surface area (Å²) in [6, 6.07) is 7.11. The molecule has 2 rings (SSSR count). The van der Waals surface area contributed by atoms with Gasteiger partial charge in [0.05, 0.1) is 10.7 Å². The van der Waals surface area contributed by atoms with Crippen molar-refractivity contribution in [2.24, 2.45) is 11.1 Å². The molecule has 1 fully saturated rings. The Kier molecular flexibility index (Phi) is 3.78. The van der Waals surface area contributed by atoms with E-state index in [4.69, 9.17) is 17.3 Å². The van der Waals surface area contributed by atoms with Crippen LogP contribution in [0.4, 0.5) is 10.5 Å². The highest BCUT2D eigenvalue weighted by Gasteiger charge is 2.34. The van der Waals surface area contributed by atoms with Gasteiger partial charge in [0.15, 0.2) is 0 Å². The largest absolute Gasteiger partial charge is 0.330 e. The lowest BCUT2D eigenvalue weighted by Gasteiger charge is -2.22. The topological polar surface area (TPSA) is 58.4 Å². The van der Waals surface area contributed by atoms with Crippen molar-refractivity contribution < 1.29 is 4.79 Å². The third kappa shape index (κ3) is 2.76. The fourth-order valence-corrected chi connectivity index (χ4v) is 2.30. The van der Waals surface area contributed by atoms with Crippen molar-refractivity contribution in [3.05, 3.63) is 29.3 Å². The summed E-state index contributed by atoms with van der Waals surface area (Å²) >= 11 is 6.01. The molecule has 1 aromatic carbocycles. The molecule has 1 aliphatic heterocycles. The Balaban J connectivity index is 2.00. The molecule has 0 spiro atoms. The Morgan fingerprint density at radius 1 is 1.56 bits per heavy atom. The van der Waals surface area contributed by atoms with E-state index < -0.39 is 0 Å². The highest BCUT2D eigenvalue weighted by molar-refractivity contribution is 6.33. The molecule has 18 heavy (non-hydrogen) atoms. The Morgan fingerprint density at radius 3 is 2.89 bits per heavy atom. The molecule has 1 atom stereocenters. The Morgan fingerprint density at radius 2 is 2.28 bits per heavy atom. The molecule has 1 unspecified atom stereocenters. The number of rotatable bonds is 2. The van der Waals surface area contributed by atoms with Crippen LogP contribution in [0.25, 0.3) is 0 Å². The fourth-order valence-electron chi connectivity index (χ4n) is 2.12. The first-order chi connectivity index (χ1) is 8.54. The lowest BCUT2D eigenvalue weighted by atomic mass is 9.90. The van der Waals surface area contributed by atoms with E-state index in [1.54, 1.807) is 17.0 Å². The molecule has 1 aromatic rings. The van der Waals surface area contributed by atoms with Crippen LogP contribution in [0.15, 0.2) is 24.3 Å². The van der Waals surface area contributed by atoms with Crippen molar-refractivity contribution in [2.45, 2.75) is 13.3 Å². The highest BCUT2D eigenvalue weighted by Crippen LogP contribution is 2.29. The maximum Gasteiger partial charge on any atom is 0.321 e. The van der Waals surface area contributed by atoms with Gasteiger partial charge >= 0.3 is 6.03 Å².